The molecule has 1 aromatic heterocycles. The molecule has 1 aromatic carbocycles. The zero-order valence-electron chi connectivity index (χ0n) is 12.5. The number of nitrogens with one attached hydrogen (secondary N) is 1. The van der Waals surface area contributed by atoms with Crippen LogP contribution in [0.4, 0.5) is 10.8 Å². The number of nitrogens with zero attached hydrogens (tertiary/aromatic N) is 3. The highest BCUT2D eigenvalue weighted by molar-refractivity contribution is 9.10. The minimum absolute atomic E-state index is 0.0926. The number of hydrogen-bond donors (Lipinski definition) is 1. The summed E-state index contributed by atoms with van der Waals surface area (Å²) in [6.07, 6.45) is 1.58. The number of aryl methyl sites for hydroxylation is 2. The van der Waals surface area contributed by atoms with Crippen LogP contribution in [0.25, 0.3) is 0 Å². The van der Waals surface area contributed by atoms with Crippen molar-refractivity contribution in [2.45, 2.75) is 32.7 Å². The lowest BCUT2D eigenvalue weighted by atomic mass is 10.2. The second-order valence-electron chi connectivity index (χ2n) is 5.28. The van der Waals surface area contributed by atoms with Crippen LogP contribution in [-0.2, 0) is 11.2 Å². The van der Waals surface area contributed by atoms with E-state index in [1.807, 2.05) is 36.9 Å². The molecule has 1 atom stereocenters. The standard InChI is InChI=1S/C15H17BrN4OS/c1-3-13-18-15(22-19-13)17-12-6-7-20(14(12)21)10-4-5-11(16)9(2)8-10/h4-5,8,12H,3,6-7H2,1-2H3,(H,17,18,19). The first-order valence-corrected chi connectivity index (χ1v) is 8.81. The molecule has 1 amide bonds. The summed E-state index contributed by atoms with van der Waals surface area (Å²) in [4.78, 5) is 18.8. The molecule has 22 heavy (non-hydrogen) atoms. The second-order valence-corrected chi connectivity index (χ2v) is 6.88. The van der Waals surface area contributed by atoms with E-state index in [1.165, 1.54) is 11.5 Å². The van der Waals surface area contributed by atoms with E-state index in [1.54, 1.807) is 0 Å². The predicted molar refractivity (Wildman–Crippen MR) is 92.5 cm³/mol. The topological polar surface area (TPSA) is 58.1 Å². The summed E-state index contributed by atoms with van der Waals surface area (Å²) >= 11 is 4.80. The summed E-state index contributed by atoms with van der Waals surface area (Å²) in [5, 5.41) is 3.94. The molecule has 3 rings (SSSR count). The van der Waals surface area contributed by atoms with Crippen LogP contribution in [0.2, 0.25) is 0 Å². The lowest BCUT2D eigenvalue weighted by molar-refractivity contribution is -0.117. The Morgan fingerprint density at radius 3 is 3.00 bits per heavy atom. The van der Waals surface area contributed by atoms with Gasteiger partial charge in [0.25, 0.3) is 0 Å². The molecule has 1 saturated heterocycles. The minimum atomic E-state index is -0.221. The van der Waals surface area contributed by atoms with Gasteiger partial charge in [-0.15, -0.1) is 0 Å². The third-order valence-corrected chi connectivity index (χ3v) is 5.31. The summed E-state index contributed by atoms with van der Waals surface area (Å²) in [5.41, 5.74) is 2.07. The lowest BCUT2D eigenvalue weighted by Gasteiger charge is -2.18. The van der Waals surface area contributed by atoms with Crippen molar-refractivity contribution in [1.82, 2.24) is 9.36 Å². The Hall–Kier alpha value is -1.47. The molecule has 2 aromatic rings. The fourth-order valence-corrected chi connectivity index (χ4v) is 3.42. The molecule has 1 aliphatic rings. The molecule has 0 radical (unpaired) electrons. The zero-order valence-corrected chi connectivity index (χ0v) is 14.9. The molecule has 116 valence electrons. The second kappa shape index (κ2) is 6.34. The van der Waals surface area contributed by atoms with Crippen molar-refractivity contribution in [3.8, 4) is 0 Å². The number of hydrogen-bond acceptors (Lipinski definition) is 5. The van der Waals surface area contributed by atoms with Gasteiger partial charge in [-0.1, -0.05) is 22.9 Å². The highest BCUT2D eigenvalue weighted by atomic mass is 79.9. The molecule has 1 N–H and O–H groups in total. The average molecular weight is 381 g/mol. The summed E-state index contributed by atoms with van der Waals surface area (Å²) in [6.45, 7) is 4.76. The molecular weight excluding hydrogens is 364 g/mol. The molecule has 0 spiro atoms. The largest absolute Gasteiger partial charge is 0.348 e. The van der Waals surface area contributed by atoms with E-state index < -0.39 is 0 Å². The Kier molecular flexibility index (Phi) is 4.44. The van der Waals surface area contributed by atoms with E-state index in [9.17, 15) is 4.79 Å². The van der Waals surface area contributed by atoms with Gasteiger partial charge in [-0.05, 0) is 37.1 Å². The Morgan fingerprint density at radius 1 is 1.50 bits per heavy atom. The fraction of sp³-hybridized carbons (Fsp3) is 0.400. The van der Waals surface area contributed by atoms with Crippen LogP contribution in [0.3, 0.4) is 0 Å². The average Bonchev–Trinajstić information content (AvgIpc) is 3.10. The first-order chi connectivity index (χ1) is 10.6. The summed E-state index contributed by atoms with van der Waals surface area (Å²) in [7, 11) is 0. The number of rotatable bonds is 4. The number of benzene rings is 1. The first-order valence-electron chi connectivity index (χ1n) is 7.25. The van der Waals surface area contributed by atoms with Crippen molar-refractivity contribution in [2.24, 2.45) is 0 Å². The molecule has 0 aliphatic carbocycles. The van der Waals surface area contributed by atoms with Crippen molar-refractivity contribution < 1.29 is 4.79 Å². The smallest absolute Gasteiger partial charge is 0.249 e. The fourth-order valence-electron chi connectivity index (χ4n) is 2.47. The SMILES string of the molecule is CCc1nsc(NC2CCN(c3ccc(Br)c(C)c3)C2=O)n1. The van der Waals surface area contributed by atoms with Gasteiger partial charge in [0.2, 0.25) is 11.0 Å². The maximum atomic E-state index is 12.6. The van der Waals surface area contributed by atoms with Gasteiger partial charge in [0, 0.05) is 34.7 Å². The summed E-state index contributed by atoms with van der Waals surface area (Å²) in [5.74, 6) is 0.910. The molecule has 0 bridgehead atoms. The van der Waals surface area contributed by atoms with E-state index in [0.29, 0.717) is 0 Å². The van der Waals surface area contributed by atoms with Gasteiger partial charge in [-0.3, -0.25) is 4.79 Å². The zero-order chi connectivity index (χ0) is 15.7. The molecule has 7 heteroatoms. The van der Waals surface area contributed by atoms with Gasteiger partial charge in [-0.25, -0.2) is 4.98 Å². The number of anilines is 2. The molecule has 1 unspecified atom stereocenters. The maximum Gasteiger partial charge on any atom is 0.249 e. The minimum Gasteiger partial charge on any atom is -0.348 e. The van der Waals surface area contributed by atoms with Gasteiger partial charge < -0.3 is 10.2 Å². The van der Waals surface area contributed by atoms with Crippen LogP contribution in [0, 0.1) is 6.92 Å². The van der Waals surface area contributed by atoms with E-state index in [-0.39, 0.29) is 11.9 Å². The van der Waals surface area contributed by atoms with Crippen LogP contribution in [0.5, 0.6) is 0 Å². The van der Waals surface area contributed by atoms with Crippen LogP contribution in [-0.4, -0.2) is 27.9 Å². The van der Waals surface area contributed by atoms with Crippen LogP contribution in [0.15, 0.2) is 22.7 Å². The quantitative estimate of drug-likeness (QED) is 0.882. The Bertz CT molecular complexity index is 703. The van der Waals surface area contributed by atoms with Crippen LogP contribution in [0.1, 0.15) is 24.7 Å². The van der Waals surface area contributed by atoms with Gasteiger partial charge in [0.1, 0.15) is 11.9 Å². The molecule has 1 aliphatic heterocycles. The Morgan fingerprint density at radius 2 is 2.32 bits per heavy atom. The van der Waals surface area contributed by atoms with Crippen LogP contribution < -0.4 is 10.2 Å². The number of amides is 1. The molecule has 1 fully saturated rings. The van der Waals surface area contributed by atoms with Gasteiger partial charge in [0.15, 0.2) is 0 Å². The Balaban J connectivity index is 1.72. The van der Waals surface area contributed by atoms with Crippen molar-refractivity contribution >= 4 is 44.2 Å². The van der Waals surface area contributed by atoms with Gasteiger partial charge in [-0.2, -0.15) is 4.37 Å². The van der Waals surface area contributed by atoms with Crippen molar-refractivity contribution in [1.29, 1.82) is 0 Å². The summed E-state index contributed by atoms with van der Waals surface area (Å²) in [6, 6.07) is 5.76. The maximum absolute atomic E-state index is 12.6. The molecular formula is C15H17BrN4OS. The third-order valence-electron chi connectivity index (χ3n) is 3.74. The lowest BCUT2D eigenvalue weighted by Crippen LogP contribution is -2.33. The first kappa shape index (κ1) is 15.4. The monoisotopic (exact) mass is 380 g/mol. The van der Waals surface area contributed by atoms with E-state index in [2.05, 4.69) is 30.6 Å². The predicted octanol–water partition coefficient (Wildman–Crippen LogP) is 3.39. The third kappa shape index (κ3) is 3.01. The van der Waals surface area contributed by atoms with Gasteiger partial charge in [0.05, 0.1) is 0 Å². The number of halogens is 1. The molecule has 0 saturated carbocycles. The van der Waals surface area contributed by atoms with Crippen LogP contribution >= 0.6 is 27.5 Å². The molecule has 5 nitrogen and oxygen atoms in total. The van der Waals surface area contributed by atoms with E-state index in [0.717, 1.165) is 46.1 Å². The van der Waals surface area contributed by atoms with Crippen molar-refractivity contribution in [2.75, 3.05) is 16.8 Å². The normalized spacial score (nSPS) is 18.0. The van der Waals surface area contributed by atoms with Gasteiger partial charge >= 0.3 is 0 Å². The summed E-state index contributed by atoms with van der Waals surface area (Å²) < 4.78 is 5.29. The highest BCUT2D eigenvalue weighted by Crippen LogP contribution is 2.27. The van der Waals surface area contributed by atoms with E-state index in [4.69, 9.17) is 0 Å². The number of aromatic nitrogens is 2. The molecule has 2 heterocycles. The van der Waals surface area contributed by atoms with Crippen molar-refractivity contribution in [3.05, 3.63) is 34.1 Å². The number of carbonyl (C=O) groups is 1. The van der Waals surface area contributed by atoms with Crippen molar-refractivity contribution in [3.63, 3.8) is 0 Å². The number of carbonyl (C=O) groups excluding carboxylic acids is 1. The van der Waals surface area contributed by atoms with E-state index >= 15 is 0 Å². The highest BCUT2D eigenvalue weighted by Gasteiger charge is 2.33. The Labute approximate surface area is 142 Å².